The molecule has 144 valence electrons. The van der Waals surface area contributed by atoms with E-state index in [0.29, 0.717) is 0 Å². The fourth-order valence-corrected chi connectivity index (χ4v) is 3.34. The van der Waals surface area contributed by atoms with Gasteiger partial charge in [-0.05, 0) is 19.4 Å². The molecule has 3 heterocycles. The molecule has 0 radical (unpaired) electrons. The van der Waals surface area contributed by atoms with Crippen LogP contribution in [0.3, 0.4) is 0 Å². The van der Waals surface area contributed by atoms with Gasteiger partial charge in [0.1, 0.15) is 0 Å². The normalized spacial score (nSPS) is 17.6. The third-order valence-electron chi connectivity index (χ3n) is 4.64. The van der Waals surface area contributed by atoms with Crippen LogP contribution in [0.2, 0.25) is 0 Å². The highest BCUT2D eigenvalue weighted by Crippen LogP contribution is 2.26. The van der Waals surface area contributed by atoms with Crippen LogP contribution >= 0.6 is 0 Å². The summed E-state index contributed by atoms with van der Waals surface area (Å²) in [6, 6.07) is 8.36. The van der Waals surface area contributed by atoms with E-state index < -0.39 is 0 Å². The first kappa shape index (κ1) is 19.5. The maximum Gasteiger partial charge on any atom is 0.170 e. The predicted molar refractivity (Wildman–Crippen MR) is 111 cm³/mol. The molecule has 0 atom stereocenters. The van der Waals surface area contributed by atoms with Crippen molar-refractivity contribution in [1.82, 2.24) is 15.2 Å². The summed E-state index contributed by atoms with van der Waals surface area (Å²) in [4.78, 5) is 4.44. The number of rotatable bonds is 4. The Kier molecular flexibility index (Phi) is 6.90. The van der Waals surface area contributed by atoms with Crippen LogP contribution in [0.25, 0.3) is 10.8 Å². The Labute approximate surface area is 161 Å². The van der Waals surface area contributed by atoms with Gasteiger partial charge in [0, 0.05) is 42.5 Å². The van der Waals surface area contributed by atoms with Gasteiger partial charge in [0.2, 0.25) is 0 Å². The quantitative estimate of drug-likeness (QED) is 0.894. The first-order valence-corrected chi connectivity index (χ1v) is 9.84. The van der Waals surface area contributed by atoms with E-state index in [1.54, 1.807) is 0 Å². The summed E-state index contributed by atoms with van der Waals surface area (Å²) in [5.41, 5.74) is 6.92. The molecule has 2 aliphatic rings. The van der Waals surface area contributed by atoms with E-state index >= 15 is 0 Å². The molecule has 0 saturated carbocycles. The first-order valence-electron chi connectivity index (χ1n) is 9.84. The molecule has 2 aliphatic heterocycles. The second-order valence-electron chi connectivity index (χ2n) is 6.50. The predicted octanol–water partition coefficient (Wildman–Crippen LogP) is 3.65. The number of hydrogen-bond acceptors (Lipinski definition) is 6. The van der Waals surface area contributed by atoms with Crippen LogP contribution < -0.4 is 5.43 Å². The molecule has 0 amide bonds. The second kappa shape index (κ2) is 9.58. The molecular weight excluding hydrogens is 338 g/mol. The number of anilines is 1. The van der Waals surface area contributed by atoms with E-state index in [4.69, 9.17) is 4.74 Å². The fraction of sp³-hybridized carbons (Fsp3) is 0.476. The van der Waals surface area contributed by atoms with Crippen molar-refractivity contribution in [3.05, 3.63) is 41.6 Å². The molecule has 0 bridgehead atoms. The van der Waals surface area contributed by atoms with Crippen LogP contribution in [-0.4, -0.2) is 53.8 Å². The summed E-state index contributed by atoms with van der Waals surface area (Å²) in [5.74, 6) is 0.816. The lowest BCUT2D eigenvalue weighted by molar-refractivity contribution is 0.0495. The van der Waals surface area contributed by atoms with E-state index in [-0.39, 0.29) is 0 Å². The summed E-state index contributed by atoms with van der Waals surface area (Å²) in [7, 11) is 0. The molecule has 1 aromatic heterocycles. The molecule has 6 nitrogen and oxygen atoms in total. The number of ether oxygens (including phenoxy) is 1. The average molecular weight is 367 g/mol. The summed E-state index contributed by atoms with van der Waals surface area (Å²) < 4.78 is 5.40. The van der Waals surface area contributed by atoms with Crippen molar-refractivity contribution in [2.75, 3.05) is 38.3 Å². The zero-order valence-electron chi connectivity index (χ0n) is 16.5. The number of hydrazine groups is 1. The van der Waals surface area contributed by atoms with E-state index in [0.717, 1.165) is 73.7 Å². The number of aromatic nitrogens is 2. The highest BCUT2D eigenvalue weighted by Gasteiger charge is 2.15. The van der Waals surface area contributed by atoms with Gasteiger partial charge in [-0.25, -0.2) is 5.01 Å². The van der Waals surface area contributed by atoms with E-state index in [1.165, 1.54) is 5.57 Å². The molecule has 1 saturated heterocycles. The van der Waals surface area contributed by atoms with Gasteiger partial charge in [-0.1, -0.05) is 43.7 Å². The van der Waals surface area contributed by atoms with E-state index in [9.17, 15) is 0 Å². The second-order valence-corrected chi connectivity index (χ2v) is 6.50. The minimum atomic E-state index is 0.742. The largest absolute Gasteiger partial charge is 0.379 e. The maximum atomic E-state index is 5.40. The van der Waals surface area contributed by atoms with Crippen LogP contribution in [0.15, 0.2) is 40.9 Å². The van der Waals surface area contributed by atoms with Crippen LogP contribution in [0.5, 0.6) is 0 Å². The van der Waals surface area contributed by atoms with Crippen LogP contribution in [0.4, 0.5) is 5.82 Å². The van der Waals surface area contributed by atoms with Gasteiger partial charge >= 0.3 is 0 Å². The Balaban J connectivity index is 0.00000102. The first-order chi connectivity index (χ1) is 13.3. The van der Waals surface area contributed by atoms with Gasteiger partial charge in [0.25, 0.3) is 0 Å². The Hall–Kier alpha value is -2.31. The number of benzene rings is 1. The van der Waals surface area contributed by atoms with E-state index in [2.05, 4.69) is 62.9 Å². The molecule has 2 aromatic rings. The molecule has 0 aliphatic carbocycles. The number of nitrogens with one attached hydrogen (secondary N) is 1. The van der Waals surface area contributed by atoms with Gasteiger partial charge in [0.15, 0.2) is 5.82 Å². The zero-order valence-corrected chi connectivity index (χ0v) is 16.5. The monoisotopic (exact) mass is 367 g/mol. The SMILES string of the molecule is CC.CC1=NCCC(Cc2nnc(NN3CCOCC3)c3ccccc23)=C1. The molecule has 1 aromatic carbocycles. The number of morpholine rings is 1. The Morgan fingerprint density at radius 1 is 1.07 bits per heavy atom. The van der Waals surface area contributed by atoms with Gasteiger partial charge in [-0.15, -0.1) is 5.10 Å². The molecular formula is C21H29N5O. The Bertz CT molecular complexity index is 824. The molecule has 27 heavy (non-hydrogen) atoms. The Morgan fingerprint density at radius 2 is 1.81 bits per heavy atom. The van der Waals surface area contributed by atoms with Crippen molar-refractivity contribution >= 4 is 22.3 Å². The van der Waals surface area contributed by atoms with Crippen molar-refractivity contribution < 1.29 is 4.74 Å². The Morgan fingerprint density at radius 3 is 2.56 bits per heavy atom. The lowest BCUT2D eigenvalue weighted by Crippen LogP contribution is -2.40. The van der Waals surface area contributed by atoms with Crippen molar-refractivity contribution in [1.29, 1.82) is 0 Å². The standard InChI is InChI=1S/C19H23N5O.C2H6/c1-14-12-15(6-7-20-14)13-18-16-4-2-3-5-17(16)19(22-21-18)23-24-8-10-25-11-9-24;1-2/h2-5,12H,6-11,13H2,1H3,(H,22,23);1-2H3. The van der Waals surface area contributed by atoms with Crippen molar-refractivity contribution in [3.8, 4) is 0 Å². The van der Waals surface area contributed by atoms with Crippen LogP contribution in [0.1, 0.15) is 32.9 Å². The number of hydrogen-bond donors (Lipinski definition) is 1. The number of aliphatic imine (C=N–C) groups is 1. The van der Waals surface area contributed by atoms with Crippen molar-refractivity contribution in [2.45, 2.75) is 33.6 Å². The number of nitrogens with zero attached hydrogens (tertiary/aromatic N) is 4. The molecule has 0 unspecified atom stereocenters. The number of dihydropyridines is 1. The number of allylic oxidation sites excluding steroid dienone is 1. The molecule has 1 fully saturated rings. The third kappa shape index (κ3) is 4.90. The van der Waals surface area contributed by atoms with Crippen LogP contribution in [-0.2, 0) is 11.2 Å². The molecule has 4 rings (SSSR count). The third-order valence-corrected chi connectivity index (χ3v) is 4.64. The average Bonchev–Trinajstić information content (AvgIpc) is 2.72. The van der Waals surface area contributed by atoms with Gasteiger partial charge in [-0.2, -0.15) is 5.10 Å². The van der Waals surface area contributed by atoms with Gasteiger partial charge in [0.05, 0.1) is 18.9 Å². The lowest BCUT2D eigenvalue weighted by atomic mass is 10.00. The molecule has 0 spiro atoms. The molecule has 1 N–H and O–H groups in total. The van der Waals surface area contributed by atoms with Gasteiger partial charge in [-0.3, -0.25) is 4.99 Å². The fourth-order valence-electron chi connectivity index (χ4n) is 3.34. The number of fused-ring (bicyclic) bond motifs is 1. The molecule has 6 heteroatoms. The lowest BCUT2D eigenvalue weighted by Gasteiger charge is -2.27. The summed E-state index contributed by atoms with van der Waals surface area (Å²) in [6.45, 7) is 10.1. The van der Waals surface area contributed by atoms with Crippen molar-refractivity contribution in [3.63, 3.8) is 0 Å². The summed E-state index contributed by atoms with van der Waals surface area (Å²) >= 11 is 0. The highest BCUT2D eigenvalue weighted by atomic mass is 16.5. The summed E-state index contributed by atoms with van der Waals surface area (Å²) in [6.07, 6.45) is 4.01. The van der Waals surface area contributed by atoms with E-state index in [1.807, 2.05) is 13.8 Å². The maximum absolute atomic E-state index is 5.40. The minimum absolute atomic E-state index is 0.742. The van der Waals surface area contributed by atoms with Crippen molar-refractivity contribution in [2.24, 2.45) is 4.99 Å². The smallest absolute Gasteiger partial charge is 0.170 e. The topological polar surface area (TPSA) is 62.6 Å². The van der Waals surface area contributed by atoms with Crippen LogP contribution in [0, 0.1) is 0 Å². The van der Waals surface area contributed by atoms with Gasteiger partial charge < -0.3 is 10.2 Å². The zero-order chi connectivity index (χ0) is 19.1. The minimum Gasteiger partial charge on any atom is -0.379 e. The summed E-state index contributed by atoms with van der Waals surface area (Å²) in [5, 5.41) is 13.4. The highest BCUT2D eigenvalue weighted by molar-refractivity contribution is 5.95.